The molecule has 1 aromatic carbocycles. The molecule has 1 unspecified atom stereocenters. The highest BCUT2D eigenvalue weighted by Gasteiger charge is 2.24. The number of piperidine rings is 1. The van der Waals surface area contributed by atoms with E-state index in [1.807, 2.05) is 30.0 Å². The van der Waals surface area contributed by atoms with E-state index in [-0.39, 0.29) is 17.9 Å². The summed E-state index contributed by atoms with van der Waals surface area (Å²) in [5.41, 5.74) is 6.97. The number of likely N-dealkylation sites (tertiary alicyclic amines) is 1. The Balaban J connectivity index is 1.99. The first-order valence-corrected chi connectivity index (χ1v) is 7.80. The van der Waals surface area contributed by atoms with E-state index in [0.29, 0.717) is 17.9 Å². The van der Waals surface area contributed by atoms with Crippen molar-refractivity contribution in [1.82, 2.24) is 4.90 Å². The number of nitrogens with two attached hydrogens (primary N) is 1. The molecule has 0 radical (unpaired) electrons. The average molecular weight is 306 g/mol. The summed E-state index contributed by atoms with van der Waals surface area (Å²) in [5, 5.41) is 0. The van der Waals surface area contributed by atoms with Crippen molar-refractivity contribution in [2.45, 2.75) is 32.2 Å². The van der Waals surface area contributed by atoms with Crippen molar-refractivity contribution in [1.29, 1.82) is 0 Å². The van der Waals surface area contributed by atoms with E-state index in [1.165, 1.54) is 0 Å². The van der Waals surface area contributed by atoms with E-state index < -0.39 is 0 Å². The first-order valence-electron chi connectivity index (χ1n) is 7.80. The quantitative estimate of drug-likeness (QED) is 0.901. The molecule has 1 heterocycles. The zero-order valence-corrected chi connectivity index (χ0v) is 13.7. The number of hydrogen-bond acceptors (Lipinski definition) is 4. The van der Waals surface area contributed by atoms with Gasteiger partial charge in [-0.25, -0.2) is 0 Å². The molecule has 2 rings (SSSR count). The smallest absolute Gasteiger partial charge is 0.225 e. The molecule has 0 aromatic heterocycles. The normalized spacial score (nSPS) is 17.2. The number of ether oxygens (including phenoxy) is 2. The molecule has 1 aromatic rings. The van der Waals surface area contributed by atoms with E-state index in [2.05, 4.69) is 0 Å². The van der Waals surface area contributed by atoms with Crippen molar-refractivity contribution >= 4 is 5.91 Å². The zero-order chi connectivity index (χ0) is 16.1. The van der Waals surface area contributed by atoms with Gasteiger partial charge in [0.15, 0.2) is 11.5 Å². The first-order chi connectivity index (χ1) is 10.5. The lowest BCUT2D eigenvalue weighted by molar-refractivity contribution is -0.136. The van der Waals surface area contributed by atoms with Crippen LogP contribution in [0.3, 0.4) is 0 Å². The van der Waals surface area contributed by atoms with E-state index in [1.54, 1.807) is 14.2 Å². The standard InChI is InChI=1S/C17H26N2O3/c1-12(17(20)19-8-6-14(18)7-9-19)10-13-4-5-15(21-2)16(11-13)22-3/h4-5,11-12,14H,6-10,18H2,1-3H3. The molecule has 2 N–H and O–H groups in total. The van der Waals surface area contributed by atoms with Crippen molar-refractivity contribution in [3.63, 3.8) is 0 Å². The SMILES string of the molecule is COc1ccc(CC(C)C(=O)N2CCC(N)CC2)cc1OC. The van der Waals surface area contributed by atoms with Gasteiger partial charge in [0, 0.05) is 25.0 Å². The van der Waals surface area contributed by atoms with Gasteiger partial charge in [-0.05, 0) is 37.0 Å². The van der Waals surface area contributed by atoms with Crippen molar-refractivity contribution < 1.29 is 14.3 Å². The third kappa shape index (κ3) is 3.91. The van der Waals surface area contributed by atoms with Crippen LogP contribution in [-0.4, -0.2) is 44.2 Å². The van der Waals surface area contributed by atoms with E-state index in [0.717, 1.165) is 31.5 Å². The lowest BCUT2D eigenvalue weighted by atomic mass is 9.97. The predicted molar refractivity (Wildman–Crippen MR) is 86.2 cm³/mol. The molecule has 0 aliphatic carbocycles. The van der Waals surface area contributed by atoms with Crippen LogP contribution in [0, 0.1) is 5.92 Å². The van der Waals surface area contributed by atoms with E-state index in [9.17, 15) is 4.79 Å². The van der Waals surface area contributed by atoms with Gasteiger partial charge in [-0.3, -0.25) is 4.79 Å². The summed E-state index contributed by atoms with van der Waals surface area (Å²) < 4.78 is 10.5. The molecular formula is C17H26N2O3. The molecule has 1 saturated heterocycles. The number of amides is 1. The van der Waals surface area contributed by atoms with Gasteiger partial charge in [0.05, 0.1) is 14.2 Å². The maximum atomic E-state index is 12.5. The third-order valence-electron chi connectivity index (χ3n) is 4.26. The molecule has 1 aliphatic rings. The topological polar surface area (TPSA) is 64.8 Å². The summed E-state index contributed by atoms with van der Waals surface area (Å²) in [6.07, 6.45) is 2.49. The van der Waals surface area contributed by atoms with Gasteiger partial charge in [0.2, 0.25) is 5.91 Å². The van der Waals surface area contributed by atoms with E-state index >= 15 is 0 Å². The van der Waals surface area contributed by atoms with Crippen LogP contribution < -0.4 is 15.2 Å². The molecule has 1 atom stereocenters. The number of methoxy groups -OCH3 is 2. The molecule has 0 bridgehead atoms. The van der Waals surface area contributed by atoms with Crippen LogP contribution in [0.5, 0.6) is 11.5 Å². The fourth-order valence-electron chi connectivity index (χ4n) is 2.88. The second kappa shape index (κ2) is 7.49. The number of carbonyl (C=O) groups is 1. The molecule has 0 spiro atoms. The minimum absolute atomic E-state index is 0.0487. The van der Waals surface area contributed by atoms with Crippen LogP contribution in [0.25, 0.3) is 0 Å². The number of hydrogen-bond donors (Lipinski definition) is 1. The molecule has 22 heavy (non-hydrogen) atoms. The number of rotatable bonds is 5. The Morgan fingerprint density at radius 3 is 2.50 bits per heavy atom. The molecule has 0 saturated carbocycles. The fraction of sp³-hybridized carbons (Fsp3) is 0.588. The van der Waals surface area contributed by atoms with Crippen LogP contribution in [0.2, 0.25) is 0 Å². The van der Waals surface area contributed by atoms with Gasteiger partial charge >= 0.3 is 0 Å². The minimum Gasteiger partial charge on any atom is -0.493 e. The number of benzene rings is 1. The Morgan fingerprint density at radius 2 is 1.91 bits per heavy atom. The van der Waals surface area contributed by atoms with Crippen LogP contribution in [0.15, 0.2) is 18.2 Å². The molecule has 1 aliphatic heterocycles. The second-order valence-electron chi connectivity index (χ2n) is 5.96. The molecule has 1 fully saturated rings. The van der Waals surface area contributed by atoms with Crippen molar-refractivity contribution in [3.05, 3.63) is 23.8 Å². The van der Waals surface area contributed by atoms with E-state index in [4.69, 9.17) is 15.2 Å². The summed E-state index contributed by atoms with van der Waals surface area (Å²) in [7, 11) is 3.23. The van der Waals surface area contributed by atoms with Gasteiger partial charge < -0.3 is 20.1 Å². The first kappa shape index (κ1) is 16.6. The van der Waals surface area contributed by atoms with Crippen LogP contribution in [-0.2, 0) is 11.2 Å². The summed E-state index contributed by atoms with van der Waals surface area (Å²) >= 11 is 0. The van der Waals surface area contributed by atoms with Gasteiger partial charge in [-0.15, -0.1) is 0 Å². The average Bonchev–Trinajstić information content (AvgIpc) is 2.54. The number of nitrogens with zero attached hydrogens (tertiary/aromatic N) is 1. The Kier molecular flexibility index (Phi) is 5.66. The van der Waals surface area contributed by atoms with Gasteiger partial charge in [0.25, 0.3) is 0 Å². The summed E-state index contributed by atoms with van der Waals surface area (Å²) in [6, 6.07) is 6.04. The highest BCUT2D eigenvalue weighted by molar-refractivity contribution is 5.79. The van der Waals surface area contributed by atoms with Crippen molar-refractivity contribution in [2.24, 2.45) is 11.7 Å². The van der Waals surface area contributed by atoms with Crippen LogP contribution in [0.1, 0.15) is 25.3 Å². The highest BCUT2D eigenvalue weighted by atomic mass is 16.5. The summed E-state index contributed by atoms with van der Waals surface area (Å²) in [6.45, 7) is 3.53. The van der Waals surface area contributed by atoms with Crippen LogP contribution in [0.4, 0.5) is 0 Å². The van der Waals surface area contributed by atoms with Crippen LogP contribution >= 0.6 is 0 Å². The third-order valence-corrected chi connectivity index (χ3v) is 4.26. The number of carbonyl (C=O) groups excluding carboxylic acids is 1. The van der Waals surface area contributed by atoms with Gasteiger partial charge in [-0.1, -0.05) is 13.0 Å². The Bertz CT molecular complexity index is 511. The van der Waals surface area contributed by atoms with Crippen molar-refractivity contribution in [2.75, 3.05) is 27.3 Å². The Hall–Kier alpha value is -1.75. The molecule has 122 valence electrons. The van der Waals surface area contributed by atoms with Gasteiger partial charge in [-0.2, -0.15) is 0 Å². The molecule has 1 amide bonds. The van der Waals surface area contributed by atoms with Crippen molar-refractivity contribution in [3.8, 4) is 11.5 Å². The molecule has 5 heteroatoms. The lowest BCUT2D eigenvalue weighted by Gasteiger charge is -2.32. The molecular weight excluding hydrogens is 280 g/mol. The largest absolute Gasteiger partial charge is 0.493 e. The van der Waals surface area contributed by atoms with Gasteiger partial charge in [0.1, 0.15) is 0 Å². The maximum absolute atomic E-state index is 12.5. The zero-order valence-electron chi connectivity index (χ0n) is 13.7. The minimum atomic E-state index is -0.0487. The molecule has 5 nitrogen and oxygen atoms in total. The monoisotopic (exact) mass is 306 g/mol. The second-order valence-corrected chi connectivity index (χ2v) is 5.96. The maximum Gasteiger partial charge on any atom is 0.225 e. The summed E-state index contributed by atoms with van der Waals surface area (Å²) in [4.78, 5) is 14.5. The highest BCUT2D eigenvalue weighted by Crippen LogP contribution is 2.28. The predicted octanol–water partition coefficient (Wildman–Crippen LogP) is 1.83. The fourth-order valence-corrected chi connectivity index (χ4v) is 2.88. The summed E-state index contributed by atoms with van der Waals surface area (Å²) in [5.74, 6) is 1.56. The Labute approximate surface area is 132 Å². The lowest BCUT2D eigenvalue weighted by Crippen LogP contribution is -2.45. The Morgan fingerprint density at radius 1 is 1.27 bits per heavy atom.